The molecular weight excluding hydrogens is 327 g/mol. The van der Waals surface area contributed by atoms with Crippen molar-refractivity contribution in [3.05, 3.63) is 29.6 Å². The van der Waals surface area contributed by atoms with Gasteiger partial charge < -0.3 is 14.6 Å². The highest BCUT2D eigenvalue weighted by molar-refractivity contribution is 5.89. The van der Waals surface area contributed by atoms with Gasteiger partial charge in [0.1, 0.15) is 6.10 Å². The second kappa shape index (κ2) is 7.00. The molecule has 0 unspecified atom stereocenters. The average Bonchev–Trinajstić information content (AvgIpc) is 2.95. The van der Waals surface area contributed by atoms with Gasteiger partial charge in [-0.15, -0.1) is 0 Å². The molecule has 0 saturated heterocycles. The lowest BCUT2D eigenvalue weighted by atomic mass is 10.1. The smallest absolute Gasteiger partial charge is 0.371 e. The van der Waals surface area contributed by atoms with Crippen molar-refractivity contribution in [2.24, 2.45) is 0 Å². The number of alkyl halides is 3. The van der Waals surface area contributed by atoms with Crippen LogP contribution < -0.4 is 5.32 Å². The third kappa shape index (κ3) is 4.31. The first-order chi connectivity index (χ1) is 11.2. The lowest BCUT2D eigenvalue weighted by Crippen LogP contribution is -2.10. The van der Waals surface area contributed by atoms with Crippen molar-refractivity contribution in [1.29, 1.82) is 0 Å². The molecule has 0 aliphatic rings. The quantitative estimate of drug-likeness (QED) is 0.893. The summed E-state index contributed by atoms with van der Waals surface area (Å²) in [6, 6.07) is 3.05. The van der Waals surface area contributed by atoms with Crippen LogP contribution in [0.2, 0.25) is 0 Å². The van der Waals surface area contributed by atoms with E-state index in [0.29, 0.717) is 6.61 Å². The van der Waals surface area contributed by atoms with Crippen LogP contribution in [0.1, 0.15) is 38.3 Å². The SMILES string of the molecule is CCO[C@@H](C)c1noc(-c2cc(NC(C)=O)cc(C(F)(F)F)c2)n1. The van der Waals surface area contributed by atoms with Crippen molar-refractivity contribution >= 4 is 11.6 Å². The zero-order valence-corrected chi connectivity index (χ0v) is 13.3. The Hall–Kier alpha value is -2.42. The summed E-state index contributed by atoms with van der Waals surface area (Å²) in [5.74, 6) is -0.351. The van der Waals surface area contributed by atoms with Crippen molar-refractivity contribution in [3.63, 3.8) is 0 Å². The number of carbonyl (C=O) groups excluding carboxylic acids is 1. The number of hydrogen-bond acceptors (Lipinski definition) is 5. The van der Waals surface area contributed by atoms with E-state index < -0.39 is 23.8 Å². The van der Waals surface area contributed by atoms with Crippen molar-refractivity contribution < 1.29 is 27.2 Å². The zero-order chi connectivity index (χ0) is 17.9. The normalized spacial score (nSPS) is 12.9. The zero-order valence-electron chi connectivity index (χ0n) is 13.3. The Morgan fingerprint density at radius 3 is 2.67 bits per heavy atom. The van der Waals surface area contributed by atoms with Gasteiger partial charge in [0.05, 0.1) is 5.56 Å². The number of rotatable bonds is 5. The molecule has 0 radical (unpaired) electrons. The number of nitrogens with one attached hydrogen (secondary N) is 1. The number of nitrogens with zero attached hydrogens (tertiary/aromatic N) is 2. The van der Waals surface area contributed by atoms with Crippen LogP contribution in [0.25, 0.3) is 11.5 Å². The van der Waals surface area contributed by atoms with E-state index in [0.717, 1.165) is 12.1 Å². The minimum absolute atomic E-state index is 0.00932. The first-order valence-electron chi connectivity index (χ1n) is 7.16. The summed E-state index contributed by atoms with van der Waals surface area (Å²) in [4.78, 5) is 15.2. The van der Waals surface area contributed by atoms with Gasteiger partial charge in [-0.1, -0.05) is 5.16 Å². The Kier molecular flexibility index (Phi) is 5.23. The number of amides is 1. The third-order valence-corrected chi connectivity index (χ3v) is 3.05. The summed E-state index contributed by atoms with van der Waals surface area (Å²) in [5.41, 5.74) is -0.887. The highest BCUT2D eigenvalue weighted by Crippen LogP contribution is 2.34. The summed E-state index contributed by atoms with van der Waals surface area (Å²) in [7, 11) is 0. The van der Waals surface area contributed by atoms with Gasteiger partial charge in [-0.2, -0.15) is 18.2 Å². The maximum atomic E-state index is 13.0. The van der Waals surface area contributed by atoms with Gasteiger partial charge in [0.15, 0.2) is 0 Å². The van der Waals surface area contributed by atoms with Crippen LogP contribution in [0.15, 0.2) is 22.7 Å². The molecule has 24 heavy (non-hydrogen) atoms. The van der Waals surface area contributed by atoms with Crippen LogP contribution in [0, 0.1) is 0 Å². The molecule has 2 aromatic rings. The molecular formula is C15H16F3N3O3. The molecule has 1 amide bonds. The first kappa shape index (κ1) is 17.9. The van der Waals surface area contributed by atoms with Gasteiger partial charge in [0.25, 0.3) is 5.89 Å². The van der Waals surface area contributed by atoms with E-state index in [1.165, 1.54) is 13.0 Å². The van der Waals surface area contributed by atoms with Gasteiger partial charge in [0.2, 0.25) is 11.7 Å². The molecule has 6 nitrogen and oxygen atoms in total. The molecule has 1 aromatic heterocycles. The van der Waals surface area contributed by atoms with Crippen LogP contribution in [0.4, 0.5) is 18.9 Å². The van der Waals surface area contributed by atoms with Crippen molar-refractivity contribution in [2.75, 3.05) is 11.9 Å². The molecule has 0 saturated carbocycles. The molecule has 130 valence electrons. The Labute approximate surface area is 136 Å². The van der Waals surface area contributed by atoms with E-state index in [-0.39, 0.29) is 23.0 Å². The maximum absolute atomic E-state index is 13.0. The summed E-state index contributed by atoms with van der Waals surface area (Å²) in [6.45, 7) is 5.13. The van der Waals surface area contributed by atoms with Crippen molar-refractivity contribution in [3.8, 4) is 11.5 Å². The van der Waals surface area contributed by atoms with Crippen molar-refractivity contribution in [1.82, 2.24) is 10.1 Å². The molecule has 2 rings (SSSR count). The Balaban J connectivity index is 2.43. The second-order valence-corrected chi connectivity index (χ2v) is 5.03. The van der Waals surface area contributed by atoms with Gasteiger partial charge in [-0.3, -0.25) is 4.79 Å². The Morgan fingerprint density at radius 2 is 2.08 bits per heavy atom. The standard InChI is InChI=1S/C15H16F3N3O3/c1-4-23-8(2)13-20-14(24-21-13)10-5-11(15(16,17)18)7-12(6-10)19-9(3)22/h5-8H,4H2,1-3H3,(H,19,22)/t8-/m0/s1. The summed E-state index contributed by atoms with van der Waals surface area (Å²) in [5, 5.41) is 6.04. The molecule has 0 aliphatic carbocycles. The fraction of sp³-hybridized carbons (Fsp3) is 0.400. The molecule has 1 heterocycles. The Morgan fingerprint density at radius 1 is 1.38 bits per heavy atom. The molecule has 0 fully saturated rings. The number of benzene rings is 1. The number of ether oxygens (including phenoxy) is 1. The largest absolute Gasteiger partial charge is 0.416 e. The number of halogens is 3. The monoisotopic (exact) mass is 343 g/mol. The lowest BCUT2D eigenvalue weighted by molar-refractivity contribution is -0.137. The number of hydrogen-bond donors (Lipinski definition) is 1. The highest BCUT2D eigenvalue weighted by atomic mass is 19.4. The first-order valence-corrected chi connectivity index (χ1v) is 7.16. The molecule has 1 aromatic carbocycles. The van der Waals surface area contributed by atoms with E-state index in [4.69, 9.17) is 9.26 Å². The van der Waals surface area contributed by atoms with E-state index in [9.17, 15) is 18.0 Å². The second-order valence-electron chi connectivity index (χ2n) is 5.03. The van der Waals surface area contributed by atoms with E-state index in [2.05, 4.69) is 15.5 Å². The van der Waals surface area contributed by atoms with E-state index in [1.807, 2.05) is 0 Å². The van der Waals surface area contributed by atoms with Gasteiger partial charge in [0, 0.05) is 24.8 Å². The van der Waals surface area contributed by atoms with Crippen LogP contribution in [-0.2, 0) is 15.7 Å². The van der Waals surface area contributed by atoms with Crippen LogP contribution in [0.3, 0.4) is 0 Å². The van der Waals surface area contributed by atoms with Crippen molar-refractivity contribution in [2.45, 2.75) is 33.1 Å². The van der Waals surface area contributed by atoms with Crippen LogP contribution in [0.5, 0.6) is 0 Å². The van der Waals surface area contributed by atoms with E-state index >= 15 is 0 Å². The fourth-order valence-electron chi connectivity index (χ4n) is 2.03. The highest BCUT2D eigenvalue weighted by Gasteiger charge is 2.32. The summed E-state index contributed by atoms with van der Waals surface area (Å²) < 4.78 is 49.4. The average molecular weight is 343 g/mol. The van der Waals surface area contributed by atoms with Gasteiger partial charge >= 0.3 is 6.18 Å². The van der Waals surface area contributed by atoms with Crippen LogP contribution >= 0.6 is 0 Å². The topological polar surface area (TPSA) is 77.3 Å². The number of aromatic nitrogens is 2. The molecule has 9 heteroatoms. The third-order valence-electron chi connectivity index (χ3n) is 3.05. The van der Waals surface area contributed by atoms with Gasteiger partial charge in [-0.25, -0.2) is 0 Å². The minimum atomic E-state index is -4.58. The fourth-order valence-corrected chi connectivity index (χ4v) is 2.03. The molecule has 0 bridgehead atoms. The molecule has 1 N–H and O–H groups in total. The van der Waals surface area contributed by atoms with E-state index in [1.54, 1.807) is 13.8 Å². The maximum Gasteiger partial charge on any atom is 0.416 e. The molecule has 0 aliphatic heterocycles. The lowest BCUT2D eigenvalue weighted by Gasteiger charge is -2.11. The molecule has 1 atom stereocenters. The predicted octanol–water partition coefficient (Wildman–Crippen LogP) is 3.81. The summed E-state index contributed by atoms with van der Waals surface area (Å²) in [6.07, 6.45) is -5.03. The minimum Gasteiger partial charge on any atom is -0.371 e. The number of anilines is 1. The Bertz CT molecular complexity index is 728. The number of carbonyl (C=O) groups is 1. The predicted molar refractivity (Wildman–Crippen MR) is 79.1 cm³/mol. The van der Waals surface area contributed by atoms with Crippen LogP contribution in [-0.4, -0.2) is 22.7 Å². The molecule has 0 spiro atoms. The van der Waals surface area contributed by atoms with Gasteiger partial charge in [-0.05, 0) is 32.0 Å². The summed E-state index contributed by atoms with van der Waals surface area (Å²) >= 11 is 0.